The molecule has 7 nitrogen and oxygen atoms in total. The number of aliphatic hydroxyl groups excluding tert-OH is 1. The molecule has 0 saturated heterocycles. The molecule has 2 N–H and O–H groups in total. The molecule has 0 aliphatic rings. The standard InChI is InChI=1S/C13H16N4O3S/c1-8-11(7-18)5-4-6-12(8)21(19,20)17-13-14-9(2)10(3)15-16-13/h4-6,18H,7H2,1-3H3,(H,14,16,17). The van der Waals surface area contributed by atoms with Crippen molar-refractivity contribution in [2.75, 3.05) is 4.72 Å². The van der Waals surface area contributed by atoms with Crippen LogP contribution in [0.3, 0.4) is 0 Å². The molecule has 0 aliphatic heterocycles. The summed E-state index contributed by atoms with van der Waals surface area (Å²) in [7, 11) is -3.83. The highest BCUT2D eigenvalue weighted by Crippen LogP contribution is 2.20. The minimum absolute atomic E-state index is 0.0769. The van der Waals surface area contributed by atoms with E-state index >= 15 is 0 Å². The van der Waals surface area contributed by atoms with Crippen molar-refractivity contribution in [1.82, 2.24) is 15.2 Å². The van der Waals surface area contributed by atoms with Crippen LogP contribution in [-0.2, 0) is 16.6 Å². The van der Waals surface area contributed by atoms with Crippen LogP contribution in [0, 0.1) is 20.8 Å². The van der Waals surface area contributed by atoms with Gasteiger partial charge < -0.3 is 5.11 Å². The minimum atomic E-state index is -3.83. The molecule has 1 aromatic carbocycles. The van der Waals surface area contributed by atoms with Gasteiger partial charge in [-0.2, -0.15) is 5.10 Å². The number of sulfonamides is 1. The summed E-state index contributed by atoms with van der Waals surface area (Å²) >= 11 is 0. The molecule has 1 aromatic heterocycles. The molecule has 0 fully saturated rings. The number of nitrogens with zero attached hydrogens (tertiary/aromatic N) is 3. The normalized spacial score (nSPS) is 11.4. The number of rotatable bonds is 4. The zero-order valence-corrected chi connectivity index (χ0v) is 12.8. The van der Waals surface area contributed by atoms with Gasteiger partial charge in [-0.25, -0.2) is 18.1 Å². The van der Waals surface area contributed by atoms with Crippen LogP contribution in [0.5, 0.6) is 0 Å². The Morgan fingerprint density at radius 1 is 1.14 bits per heavy atom. The first kappa shape index (κ1) is 15.3. The van der Waals surface area contributed by atoms with Crippen LogP contribution in [0.25, 0.3) is 0 Å². The van der Waals surface area contributed by atoms with Gasteiger partial charge in [0.2, 0.25) is 0 Å². The molecular weight excluding hydrogens is 292 g/mol. The molecule has 0 aliphatic carbocycles. The van der Waals surface area contributed by atoms with Gasteiger partial charge in [0.15, 0.2) is 0 Å². The number of benzene rings is 1. The lowest BCUT2D eigenvalue weighted by atomic mass is 10.1. The van der Waals surface area contributed by atoms with E-state index in [1.54, 1.807) is 32.9 Å². The van der Waals surface area contributed by atoms with Gasteiger partial charge in [0.05, 0.1) is 22.9 Å². The Hall–Kier alpha value is -2.06. The molecule has 0 spiro atoms. The SMILES string of the molecule is Cc1nnc(NS(=O)(=O)c2cccc(CO)c2C)nc1C. The van der Waals surface area contributed by atoms with Gasteiger partial charge >= 0.3 is 0 Å². The van der Waals surface area contributed by atoms with E-state index in [1.807, 2.05) is 0 Å². The topological polar surface area (TPSA) is 105 Å². The van der Waals surface area contributed by atoms with Crippen LogP contribution >= 0.6 is 0 Å². The average Bonchev–Trinajstić information content (AvgIpc) is 2.42. The van der Waals surface area contributed by atoms with E-state index in [9.17, 15) is 13.5 Å². The van der Waals surface area contributed by atoms with Gasteiger partial charge in [0, 0.05) is 0 Å². The second kappa shape index (κ2) is 5.74. The first-order chi connectivity index (χ1) is 9.85. The summed E-state index contributed by atoms with van der Waals surface area (Å²) in [5.74, 6) is -0.0769. The summed E-state index contributed by atoms with van der Waals surface area (Å²) in [4.78, 5) is 4.12. The molecule has 112 valence electrons. The maximum Gasteiger partial charge on any atom is 0.264 e. The first-order valence-corrected chi connectivity index (χ1v) is 7.73. The third kappa shape index (κ3) is 3.17. The lowest BCUT2D eigenvalue weighted by Crippen LogP contribution is -2.18. The van der Waals surface area contributed by atoms with Crippen molar-refractivity contribution >= 4 is 16.0 Å². The minimum Gasteiger partial charge on any atom is -0.392 e. The predicted molar refractivity (Wildman–Crippen MR) is 77.2 cm³/mol. The Morgan fingerprint density at radius 3 is 2.48 bits per heavy atom. The Labute approximate surface area is 123 Å². The molecule has 0 bridgehead atoms. The van der Waals surface area contributed by atoms with E-state index in [0.717, 1.165) is 0 Å². The Kier molecular flexibility index (Phi) is 4.19. The summed E-state index contributed by atoms with van der Waals surface area (Å²) in [6.07, 6.45) is 0. The smallest absolute Gasteiger partial charge is 0.264 e. The summed E-state index contributed by atoms with van der Waals surface area (Å²) in [5, 5.41) is 16.8. The number of hydrogen-bond donors (Lipinski definition) is 2. The Bertz CT molecular complexity index is 775. The molecule has 0 amide bonds. The second-order valence-corrected chi connectivity index (χ2v) is 6.26. The van der Waals surface area contributed by atoms with Crippen molar-refractivity contribution in [2.24, 2.45) is 0 Å². The van der Waals surface area contributed by atoms with Crippen LogP contribution < -0.4 is 4.72 Å². The van der Waals surface area contributed by atoms with E-state index in [4.69, 9.17) is 0 Å². The largest absolute Gasteiger partial charge is 0.392 e. The predicted octanol–water partition coefficient (Wildman–Crippen LogP) is 1.09. The van der Waals surface area contributed by atoms with E-state index in [-0.39, 0.29) is 17.5 Å². The molecular formula is C13H16N4O3S. The molecule has 2 aromatic rings. The van der Waals surface area contributed by atoms with E-state index in [1.165, 1.54) is 6.07 Å². The second-order valence-electron chi connectivity index (χ2n) is 4.61. The van der Waals surface area contributed by atoms with Crippen LogP contribution in [0.1, 0.15) is 22.5 Å². The van der Waals surface area contributed by atoms with Gasteiger partial charge in [-0.05, 0) is 38.0 Å². The van der Waals surface area contributed by atoms with Crippen LogP contribution in [0.4, 0.5) is 5.95 Å². The zero-order valence-electron chi connectivity index (χ0n) is 12.0. The molecule has 1 heterocycles. The van der Waals surface area contributed by atoms with Crippen molar-refractivity contribution in [3.63, 3.8) is 0 Å². The fourth-order valence-corrected chi connectivity index (χ4v) is 3.03. The van der Waals surface area contributed by atoms with Crippen molar-refractivity contribution in [3.05, 3.63) is 40.7 Å². The molecule has 0 saturated carbocycles. The van der Waals surface area contributed by atoms with Crippen molar-refractivity contribution in [1.29, 1.82) is 0 Å². The van der Waals surface area contributed by atoms with Gasteiger partial charge in [0.25, 0.3) is 16.0 Å². The highest BCUT2D eigenvalue weighted by molar-refractivity contribution is 7.92. The van der Waals surface area contributed by atoms with E-state index in [2.05, 4.69) is 19.9 Å². The quantitative estimate of drug-likeness (QED) is 0.876. The third-order valence-electron chi connectivity index (χ3n) is 3.17. The van der Waals surface area contributed by atoms with Crippen LogP contribution in [0.15, 0.2) is 23.1 Å². The Morgan fingerprint density at radius 2 is 1.86 bits per heavy atom. The summed E-state index contributed by atoms with van der Waals surface area (Å²) in [6, 6.07) is 4.71. The molecule has 0 unspecified atom stereocenters. The lowest BCUT2D eigenvalue weighted by Gasteiger charge is -2.11. The van der Waals surface area contributed by atoms with Crippen molar-refractivity contribution < 1.29 is 13.5 Å². The van der Waals surface area contributed by atoms with Gasteiger partial charge in [-0.15, -0.1) is 5.10 Å². The number of aryl methyl sites for hydroxylation is 2. The third-order valence-corrected chi connectivity index (χ3v) is 4.65. The lowest BCUT2D eigenvalue weighted by molar-refractivity contribution is 0.280. The molecule has 8 heteroatoms. The number of hydrogen-bond acceptors (Lipinski definition) is 6. The monoisotopic (exact) mass is 308 g/mol. The molecule has 0 atom stereocenters. The van der Waals surface area contributed by atoms with Gasteiger partial charge in [-0.3, -0.25) is 0 Å². The highest BCUT2D eigenvalue weighted by atomic mass is 32.2. The van der Waals surface area contributed by atoms with E-state index < -0.39 is 10.0 Å². The maximum absolute atomic E-state index is 12.4. The first-order valence-electron chi connectivity index (χ1n) is 6.25. The zero-order chi connectivity index (χ0) is 15.6. The number of nitrogens with one attached hydrogen (secondary N) is 1. The molecule has 2 rings (SSSR count). The summed E-state index contributed by atoms with van der Waals surface area (Å²) < 4.78 is 27.1. The highest BCUT2D eigenvalue weighted by Gasteiger charge is 2.20. The fraction of sp³-hybridized carbons (Fsp3) is 0.308. The van der Waals surface area contributed by atoms with Crippen molar-refractivity contribution in [2.45, 2.75) is 32.3 Å². The van der Waals surface area contributed by atoms with Crippen LogP contribution in [-0.4, -0.2) is 28.7 Å². The van der Waals surface area contributed by atoms with Crippen LogP contribution in [0.2, 0.25) is 0 Å². The van der Waals surface area contributed by atoms with E-state index in [0.29, 0.717) is 22.5 Å². The average molecular weight is 308 g/mol. The summed E-state index contributed by atoms with van der Waals surface area (Å²) in [6.45, 7) is 4.87. The molecule has 0 radical (unpaired) electrons. The maximum atomic E-state index is 12.4. The number of aromatic nitrogens is 3. The van der Waals surface area contributed by atoms with Gasteiger partial charge in [0.1, 0.15) is 0 Å². The summed E-state index contributed by atoms with van der Waals surface area (Å²) in [5.41, 5.74) is 2.28. The van der Waals surface area contributed by atoms with Gasteiger partial charge in [-0.1, -0.05) is 12.1 Å². The number of anilines is 1. The number of aliphatic hydroxyl groups is 1. The Balaban J connectivity index is 2.41. The molecule has 21 heavy (non-hydrogen) atoms. The van der Waals surface area contributed by atoms with Crippen molar-refractivity contribution in [3.8, 4) is 0 Å². The fourth-order valence-electron chi connectivity index (χ4n) is 1.80.